The first-order chi connectivity index (χ1) is 10.8. The Hall–Kier alpha value is -2.44. The summed E-state index contributed by atoms with van der Waals surface area (Å²) < 4.78 is 10.4. The van der Waals surface area contributed by atoms with Crippen molar-refractivity contribution in [2.75, 3.05) is 32.6 Å². The summed E-state index contributed by atoms with van der Waals surface area (Å²) in [7, 11) is 3.14. The van der Waals surface area contributed by atoms with Gasteiger partial charge >= 0.3 is 0 Å². The second-order valence-electron chi connectivity index (χ2n) is 5.64. The first-order valence-corrected chi connectivity index (χ1v) is 7.41. The maximum absolute atomic E-state index is 11.9. The third kappa shape index (κ3) is 5.36. The van der Waals surface area contributed by atoms with Crippen LogP contribution in [0.4, 0.5) is 5.69 Å². The molecule has 0 aliphatic heterocycles. The molecule has 1 rings (SSSR count). The molecule has 7 heteroatoms. The number of ether oxygens (including phenoxy) is 2. The second-order valence-corrected chi connectivity index (χ2v) is 5.64. The molecule has 7 nitrogen and oxygen atoms in total. The highest BCUT2D eigenvalue weighted by molar-refractivity contribution is 5.93. The van der Waals surface area contributed by atoms with Crippen LogP contribution in [0.2, 0.25) is 0 Å². The molecule has 1 aromatic carbocycles. The number of carbonyl (C=O) groups is 1. The first kappa shape index (κ1) is 18.6. The van der Waals surface area contributed by atoms with Crippen LogP contribution in [-0.2, 0) is 4.79 Å². The number of nitrogens with zero attached hydrogens (tertiary/aromatic N) is 1. The van der Waals surface area contributed by atoms with Gasteiger partial charge in [0.2, 0.25) is 5.91 Å². The van der Waals surface area contributed by atoms with Gasteiger partial charge in [0.05, 0.1) is 26.2 Å². The van der Waals surface area contributed by atoms with Gasteiger partial charge < -0.3 is 25.8 Å². The Morgan fingerprint density at radius 2 is 1.91 bits per heavy atom. The largest absolute Gasteiger partial charge is 0.493 e. The first-order valence-electron chi connectivity index (χ1n) is 7.41. The highest BCUT2D eigenvalue weighted by Crippen LogP contribution is 2.29. The monoisotopic (exact) mass is 322 g/mol. The Morgan fingerprint density at radius 1 is 1.26 bits per heavy atom. The van der Waals surface area contributed by atoms with Gasteiger partial charge in [-0.25, -0.2) is 0 Å². The van der Waals surface area contributed by atoms with E-state index in [0.29, 0.717) is 18.0 Å². The molecule has 0 spiro atoms. The lowest BCUT2D eigenvalue weighted by Gasteiger charge is -2.21. The van der Waals surface area contributed by atoms with Gasteiger partial charge in [-0.15, -0.1) is 0 Å². The van der Waals surface area contributed by atoms with Crippen molar-refractivity contribution in [2.24, 2.45) is 16.1 Å². The number of nitrogens with two attached hydrogens (primary N) is 1. The van der Waals surface area contributed by atoms with Gasteiger partial charge in [-0.3, -0.25) is 9.79 Å². The Bertz CT molecular complexity index is 570. The summed E-state index contributed by atoms with van der Waals surface area (Å²) in [5, 5.41) is 5.76. The molecule has 4 N–H and O–H groups in total. The summed E-state index contributed by atoms with van der Waals surface area (Å²) in [4.78, 5) is 16.2. The average molecular weight is 322 g/mol. The number of amides is 1. The summed E-state index contributed by atoms with van der Waals surface area (Å²) in [5.74, 6) is 1.40. The topological polar surface area (TPSA) is 98.0 Å². The van der Waals surface area contributed by atoms with Crippen LogP contribution in [0, 0.1) is 5.41 Å². The molecular weight excluding hydrogens is 296 g/mol. The minimum atomic E-state index is -0.625. The van der Waals surface area contributed by atoms with Crippen molar-refractivity contribution in [1.82, 2.24) is 5.32 Å². The molecule has 0 aliphatic carbocycles. The van der Waals surface area contributed by atoms with Crippen molar-refractivity contribution in [2.45, 2.75) is 20.8 Å². The fourth-order valence-corrected chi connectivity index (χ4v) is 1.86. The number of benzene rings is 1. The zero-order valence-corrected chi connectivity index (χ0v) is 14.4. The minimum absolute atomic E-state index is 0.0531. The normalized spacial score (nSPS) is 11.8. The molecule has 0 heterocycles. The molecule has 0 bridgehead atoms. The Labute approximate surface area is 137 Å². The third-order valence-electron chi connectivity index (χ3n) is 3.25. The van der Waals surface area contributed by atoms with E-state index in [-0.39, 0.29) is 18.4 Å². The van der Waals surface area contributed by atoms with Gasteiger partial charge in [0.25, 0.3) is 0 Å². The van der Waals surface area contributed by atoms with Crippen molar-refractivity contribution in [1.29, 1.82) is 0 Å². The van der Waals surface area contributed by atoms with E-state index >= 15 is 0 Å². The van der Waals surface area contributed by atoms with Crippen LogP contribution in [-0.4, -0.2) is 39.2 Å². The maximum atomic E-state index is 11.9. The van der Waals surface area contributed by atoms with Crippen molar-refractivity contribution in [3.63, 3.8) is 0 Å². The number of nitrogens with one attached hydrogen (secondary N) is 2. The minimum Gasteiger partial charge on any atom is -0.493 e. The van der Waals surface area contributed by atoms with E-state index in [2.05, 4.69) is 15.6 Å². The van der Waals surface area contributed by atoms with E-state index in [1.165, 1.54) is 0 Å². The molecular formula is C16H26N4O3. The van der Waals surface area contributed by atoms with E-state index in [1.54, 1.807) is 32.4 Å². The number of hydrogen-bond donors (Lipinski definition) is 3. The number of guanidine groups is 1. The second kappa shape index (κ2) is 8.26. The summed E-state index contributed by atoms with van der Waals surface area (Å²) >= 11 is 0. The number of rotatable bonds is 7. The van der Waals surface area contributed by atoms with E-state index < -0.39 is 5.41 Å². The zero-order chi connectivity index (χ0) is 17.5. The molecule has 1 aromatic rings. The summed E-state index contributed by atoms with van der Waals surface area (Å²) in [6, 6.07) is 5.34. The van der Waals surface area contributed by atoms with Crippen LogP contribution in [0.3, 0.4) is 0 Å². The van der Waals surface area contributed by atoms with E-state index in [9.17, 15) is 4.79 Å². The van der Waals surface area contributed by atoms with Crippen molar-refractivity contribution < 1.29 is 14.3 Å². The Balaban J connectivity index is 2.75. The molecule has 0 fully saturated rings. The molecule has 0 atom stereocenters. The van der Waals surface area contributed by atoms with Gasteiger partial charge in [-0.05, 0) is 32.9 Å². The highest BCUT2D eigenvalue weighted by atomic mass is 16.5. The number of hydrogen-bond acceptors (Lipinski definition) is 4. The van der Waals surface area contributed by atoms with Crippen LogP contribution in [0.1, 0.15) is 20.8 Å². The standard InChI is InChI=1S/C16H26N4O3/c1-6-18-14(21)16(2,3)10-19-15(17)20-11-7-8-12(22-4)13(9-11)23-5/h7-9H,6,10H2,1-5H3,(H,18,21)(H3,17,19,20). The Kier molecular flexibility index (Phi) is 6.68. The molecule has 0 unspecified atom stereocenters. The lowest BCUT2D eigenvalue weighted by atomic mass is 9.92. The van der Waals surface area contributed by atoms with Gasteiger partial charge in [-0.2, -0.15) is 0 Å². The van der Waals surface area contributed by atoms with Crippen LogP contribution < -0.4 is 25.8 Å². The van der Waals surface area contributed by atoms with Gasteiger partial charge in [-0.1, -0.05) is 0 Å². The van der Waals surface area contributed by atoms with Crippen LogP contribution in [0.5, 0.6) is 11.5 Å². The summed E-state index contributed by atoms with van der Waals surface area (Å²) in [5.41, 5.74) is 5.98. The smallest absolute Gasteiger partial charge is 0.227 e. The molecule has 0 aliphatic rings. The maximum Gasteiger partial charge on any atom is 0.227 e. The van der Waals surface area contributed by atoms with Crippen LogP contribution in [0.25, 0.3) is 0 Å². The lowest BCUT2D eigenvalue weighted by Crippen LogP contribution is -2.39. The predicted octanol–water partition coefficient (Wildman–Crippen LogP) is 1.59. The van der Waals surface area contributed by atoms with E-state index in [1.807, 2.05) is 20.8 Å². The summed E-state index contributed by atoms with van der Waals surface area (Å²) in [6.45, 7) is 6.40. The average Bonchev–Trinajstić information content (AvgIpc) is 2.53. The molecule has 0 aromatic heterocycles. The number of carbonyl (C=O) groups excluding carboxylic acids is 1. The van der Waals surface area contributed by atoms with E-state index in [4.69, 9.17) is 15.2 Å². The van der Waals surface area contributed by atoms with Gasteiger partial charge in [0, 0.05) is 18.3 Å². The van der Waals surface area contributed by atoms with Crippen molar-refractivity contribution in [3.8, 4) is 11.5 Å². The third-order valence-corrected chi connectivity index (χ3v) is 3.25. The fraction of sp³-hybridized carbons (Fsp3) is 0.500. The van der Waals surface area contributed by atoms with Crippen LogP contribution in [0.15, 0.2) is 23.2 Å². The highest BCUT2D eigenvalue weighted by Gasteiger charge is 2.26. The van der Waals surface area contributed by atoms with Crippen molar-refractivity contribution >= 4 is 17.6 Å². The zero-order valence-electron chi connectivity index (χ0n) is 14.4. The molecule has 128 valence electrons. The molecule has 23 heavy (non-hydrogen) atoms. The Morgan fingerprint density at radius 3 is 2.48 bits per heavy atom. The molecule has 1 amide bonds. The van der Waals surface area contributed by atoms with Crippen LogP contribution >= 0.6 is 0 Å². The SMILES string of the molecule is CCNC(=O)C(C)(C)CN=C(N)Nc1ccc(OC)c(OC)c1. The summed E-state index contributed by atoms with van der Waals surface area (Å²) in [6.07, 6.45) is 0. The molecule has 0 saturated carbocycles. The molecule has 0 saturated heterocycles. The number of anilines is 1. The molecule has 0 radical (unpaired) electrons. The van der Waals surface area contributed by atoms with E-state index in [0.717, 1.165) is 5.69 Å². The van der Waals surface area contributed by atoms with Crippen molar-refractivity contribution in [3.05, 3.63) is 18.2 Å². The van der Waals surface area contributed by atoms with Gasteiger partial charge in [0.15, 0.2) is 17.5 Å². The lowest BCUT2D eigenvalue weighted by molar-refractivity contribution is -0.128. The number of aliphatic imine (C=N–C) groups is 1. The quantitative estimate of drug-likeness (QED) is 0.523. The van der Waals surface area contributed by atoms with Gasteiger partial charge in [0.1, 0.15) is 0 Å². The predicted molar refractivity (Wildman–Crippen MR) is 92.1 cm³/mol. The fourth-order valence-electron chi connectivity index (χ4n) is 1.86. The number of methoxy groups -OCH3 is 2.